The molecule has 1 atom stereocenters. The van der Waals surface area contributed by atoms with Crippen LogP contribution in [-0.4, -0.2) is 63.0 Å². The molecule has 1 aromatic rings. The number of nitrogens with zero attached hydrogens (tertiary/aromatic N) is 2. The molecule has 1 heterocycles. The van der Waals surface area contributed by atoms with Gasteiger partial charge in [-0.05, 0) is 37.8 Å². The van der Waals surface area contributed by atoms with Crippen LogP contribution in [0.3, 0.4) is 0 Å². The lowest BCUT2D eigenvalue weighted by Gasteiger charge is -2.33. The Morgan fingerprint density at radius 2 is 2.07 bits per heavy atom. The molecule has 6 nitrogen and oxygen atoms in total. The number of piperidine rings is 1. The number of aliphatic imine (C=N–C) groups is 1. The van der Waals surface area contributed by atoms with E-state index < -0.39 is 0 Å². The van der Waals surface area contributed by atoms with Crippen molar-refractivity contribution in [2.75, 3.05) is 46.2 Å². The first-order chi connectivity index (χ1) is 13.6. The largest absolute Gasteiger partial charge is 0.496 e. The molecule has 1 fully saturated rings. The molecule has 0 aromatic heterocycles. The van der Waals surface area contributed by atoms with Crippen LogP contribution in [-0.2, 0) is 9.53 Å². The van der Waals surface area contributed by atoms with Gasteiger partial charge in [-0.25, -0.2) is 0 Å². The number of carbonyl (C=O) groups excluding carboxylic acids is 1. The van der Waals surface area contributed by atoms with Crippen LogP contribution in [0.25, 0.3) is 0 Å². The summed E-state index contributed by atoms with van der Waals surface area (Å²) in [5.74, 6) is 3.26. The van der Waals surface area contributed by atoms with Gasteiger partial charge in [0.05, 0.1) is 19.6 Å². The Bertz CT molecular complexity index is 646. The monoisotopic (exact) mass is 407 g/mol. The summed E-state index contributed by atoms with van der Waals surface area (Å²) in [6.07, 6.45) is 1.64. The molecular weight excluding hydrogens is 374 g/mol. The number of likely N-dealkylation sites (tertiary alicyclic amines) is 1. The van der Waals surface area contributed by atoms with Gasteiger partial charge in [0, 0.05) is 37.3 Å². The molecule has 0 spiro atoms. The maximum atomic E-state index is 11.9. The van der Waals surface area contributed by atoms with E-state index in [1.807, 2.05) is 43.9 Å². The minimum atomic E-state index is -0.0629. The van der Waals surface area contributed by atoms with Crippen molar-refractivity contribution in [3.8, 4) is 5.75 Å². The summed E-state index contributed by atoms with van der Waals surface area (Å²) in [6, 6.07) is 8.11. The van der Waals surface area contributed by atoms with Crippen molar-refractivity contribution in [2.45, 2.75) is 31.6 Å². The van der Waals surface area contributed by atoms with E-state index in [4.69, 9.17) is 9.47 Å². The van der Waals surface area contributed by atoms with Crippen LogP contribution in [0.5, 0.6) is 5.75 Å². The smallest absolute Gasteiger partial charge is 0.309 e. The normalized spacial score (nSPS) is 16.6. The van der Waals surface area contributed by atoms with Crippen molar-refractivity contribution in [1.82, 2.24) is 10.2 Å². The van der Waals surface area contributed by atoms with Gasteiger partial charge in [-0.15, -0.1) is 11.8 Å². The Hall–Kier alpha value is -1.89. The van der Waals surface area contributed by atoms with Gasteiger partial charge in [-0.1, -0.05) is 19.1 Å². The number of carbonyl (C=O) groups is 1. The maximum absolute atomic E-state index is 11.9. The van der Waals surface area contributed by atoms with Gasteiger partial charge in [0.15, 0.2) is 5.96 Å². The van der Waals surface area contributed by atoms with Crippen molar-refractivity contribution in [1.29, 1.82) is 0 Å². The second-order valence-corrected chi connectivity index (χ2v) is 8.07. The van der Waals surface area contributed by atoms with Crippen molar-refractivity contribution >= 4 is 23.7 Å². The highest BCUT2D eigenvalue weighted by molar-refractivity contribution is 7.99. The minimum Gasteiger partial charge on any atom is -0.496 e. The Morgan fingerprint density at radius 1 is 1.36 bits per heavy atom. The summed E-state index contributed by atoms with van der Waals surface area (Å²) in [4.78, 5) is 19.7. The number of thioether (sulfide) groups is 1. The minimum absolute atomic E-state index is 0.0190. The zero-order chi connectivity index (χ0) is 20.4. The van der Waals surface area contributed by atoms with E-state index in [0.717, 1.165) is 49.9 Å². The van der Waals surface area contributed by atoms with Gasteiger partial charge < -0.3 is 19.7 Å². The first-order valence-electron chi connectivity index (χ1n) is 9.97. The van der Waals surface area contributed by atoms with Crippen molar-refractivity contribution in [3.05, 3.63) is 24.3 Å². The van der Waals surface area contributed by atoms with Crippen molar-refractivity contribution < 1.29 is 14.3 Å². The number of nitrogens with one attached hydrogen (secondary N) is 1. The van der Waals surface area contributed by atoms with Crippen LogP contribution in [0, 0.1) is 11.8 Å². The Balaban J connectivity index is 1.75. The lowest BCUT2D eigenvalue weighted by Crippen LogP contribution is -2.47. The highest BCUT2D eigenvalue weighted by Gasteiger charge is 2.27. The average molecular weight is 408 g/mol. The summed E-state index contributed by atoms with van der Waals surface area (Å²) in [5.41, 5.74) is 0. The third kappa shape index (κ3) is 6.62. The van der Waals surface area contributed by atoms with E-state index in [1.54, 1.807) is 7.11 Å². The van der Waals surface area contributed by atoms with Crippen LogP contribution in [0.1, 0.15) is 26.7 Å². The van der Waals surface area contributed by atoms with Crippen molar-refractivity contribution in [2.24, 2.45) is 16.8 Å². The van der Waals surface area contributed by atoms with Crippen molar-refractivity contribution in [3.63, 3.8) is 0 Å². The number of hydrogen-bond donors (Lipinski definition) is 1. The molecule has 0 saturated carbocycles. The van der Waals surface area contributed by atoms with Gasteiger partial charge >= 0.3 is 5.97 Å². The SMILES string of the molecule is CCOC(=O)C1CCN(C(=NC)NCC(C)CSc2ccccc2OC)CC1. The van der Waals surface area contributed by atoms with Gasteiger partial charge in [-0.3, -0.25) is 9.79 Å². The molecule has 7 heteroatoms. The fourth-order valence-electron chi connectivity index (χ4n) is 3.21. The molecule has 1 saturated heterocycles. The first kappa shape index (κ1) is 22.4. The topological polar surface area (TPSA) is 63.2 Å². The zero-order valence-corrected chi connectivity index (χ0v) is 18.3. The second kappa shape index (κ2) is 11.8. The van der Waals surface area contributed by atoms with E-state index in [-0.39, 0.29) is 11.9 Å². The van der Waals surface area contributed by atoms with Gasteiger partial charge in [0.2, 0.25) is 0 Å². The van der Waals surface area contributed by atoms with E-state index in [0.29, 0.717) is 12.5 Å². The third-order valence-electron chi connectivity index (χ3n) is 4.83. The van der Waals surface area contributed by atoms with Gasteiger partial charge in [0.1, 0.15) is 5.75 Å². The molecule has 1 unspecified atom stereocenters. The molecule has 1 aromatic carbocycles. The highest BCUT2D eigenvalue weighted by atomic mass is 32.2. The van der Waals surface area contributed by atoms with Crippen LogP contribution in [0.15, 0.2) is 34.2 Å². The van der Waals surface area contributed by atoms with E-state index >= 15 is 0 Å². The fraction of sp³-hybridized carbons (Fsp3) is 0.619. The number of rotatable bonds is 8. The molecule has 2 rings (SSSR count). The fourth-order valence-corrected chi connectivity index (χ4v) is 4.26. The average Bonchev–Trinajstić information content (AvgIpc) is 2.73. The molecule has 0 amide bonds. The van der Waals surface area contributed by atoms with E-state index in [2.05, 4.69) is 28.2 Å². The lowest BCUT2D eigenvalue weighted by atomic mass is 9.97. The Morgan fingerprint density at radius 3 is 2.71 bits per heavy atom. The third-order valence-corrected chi connectivity index (χ3v) is 6.21. The number of benzene rings is 1. The van der Waals surface area contributed by atoms with E-state index in [1.165, 1.54) is 4.90 Å². The Labute approximate surface area is 173 Å². The Kier molecular flexibility index (Phi) is 9.47. The molecule has 156 valence electrons. The van der Waals surface area contributed by atoms with Crippen LogP contribution in [0.4, 0.5) is 0 Å². The second-order valence-electron chi connectivity index (χ2n) is 7.01. The van der Waals surface area contributed by atoms with Crippen LogP contribution < -0.4 is 10.1 Å². The number of guanidine groups is 1. The lowest BCUT2D eigenvalue weighted by molar-refractivity contribution is -0.149. The molecule has 0 aliphatic carbocycles. The molecule has 1 aliphatic rings. The zero-order valence-electron chi connectivity index (χ0n) is 17.4. The summed E-state index contributed by atoms with van der Waals surface area (Å²) in [5, 5.41) is 3.49. The molecule has 0 radical (unpaired) electrons. The number of para-hydroxylation sites is 1. The molecule has 0 bridgehead atoms. The van der Waals surface area contributed by atoms with E-state index in [9.17, 15) is 4.79 Å². The number of ether oxygens (including phenoxy) is 2. The molecule has 1 aliphatic heterocycles. The highest BCUT2D eigenvalue weighted by Crippen LogP contribution is 2.29. The predicted molar refractivity (Wildman–Crippen MR) is 115 cm³/mol. The first-order valence-corrected chi connectivity index (χ1v) is 11.0. The number of esters is 1. The predicted octanol–water partition coefficient (Wildman–Crippen LogP) is 3.27. The molecule has 1 N–H and O–H groups in total. The maximum Gasteiger partial charge on any atom is 0.309 e. The van der Waals surface area contributed by atoms with Gasteiger partial charge in [-0.2, -0.15) is 0 Å². The number of hydrogen-bond acceptors (Lipinski definition) is 5. The summed E-state index contributed by atoms with van der Waals surface area (Å²) >= 11 is 1.81. The summed E-state index contributed by atoms with van der Waals surface area (Å²) in [7, 11) is 3.52. The molecule has 28 heavy (non-hydrogen) atoms. The number of methoxy groups -OCH3 is 1. The van der Waals surface area contributed by atoms with Crippen LogP contribution in [0.2, 0.25) is 0 Å². The quantitative estimate of drug-likeness (QED) is 0.309. The van der Waals surface area contributed by atoms with Gasteiger partial charge in [0.25, 0.3) is 0 Å². The standard InChI is InChI=1S/C21H33N3O3S/c1-5-27-20(25)17-10-12-24(13-11-17)21(22-3)23-14-16(2)15-28-19-9-7-6-8-18(19)26-4/h6-9,16-17H,5,10-15H2,1-4H3,(H,22,23). The van der Waals surface area contributed by atoms with Crippen LogP contribution >= 0.6 is 11.8 Å². The molecular formula is C21H33N3O3S. The summed E-state index contributed by atoms with van der Waals surface area (Å²) < 4.78 is 10.6. The summed E-state index contributed by atoms with van der Waals surface area (Å²) in [6.45, 7) is 7.04.